The standard InChI is InChI=1S/C71H107N17O25/c1-8-35(4)59-71(112)113-38(7)60(88-68(109)48(30-57(100)101)85-66(107)45(27-50(74)90)83-65(106)43(25-39-31-75-41-20-16-15-19-40(39)41)80-51(91)22-14-12-10-9-11-13-18-34(2)3)69(110)77-33-52(92)79-42(21-17-23-72)63(104)84-47(29-56(98)99)64(105)78-37(6)61(102)82-46(28-55(96)97)62(103)76-32-53(93)81-44(26-49(73)89)67(108)86-58(70(111)87-59)36(5)24-54(94)95/h15-16,19-20,31,34-38,42-48,58-60,75H,8-14,17-18,21-30,32-33,72H2,1-7H3,(H2,73,89)(H2,74,90)(H,76,103)(H,77,110)(H,78,105)(H,79,92)(H,80,91)(H,81,93)(H,82,102)(H,83,106)(H,84,104)(H,85,107)(H,86,108)(H,87,111)(H,88,109)(H,94,95)(H,96,97)(H,98,99)(H,100,101). The fourth-order valence-corrected chi connectivity index (χ4v) is 11.7. The third-order valence-electron chi connectivity index (χ3n) is 18.0. The van der Waals surface area contributed by atoms with Crippen molar-refractivity contribution in [1.82, 2.24) is 74.1 Å². The number of carbonyl (C=O) groups excluding carboxylic acids is 16. The zero-order chi connectivity index (χ0) is 84.9. The topological polar surface area (TPSA) is 682 Å². The molecule has 2 heterocycles. The molecule has 1 fully saturated rings. The summed E-state index contributed by atoms with van der Waals surface area (Å²) < 4.78 is 5.73. The molecule has 15 amide bonds. The fraction of sp³-hybridized carbons (Fsp3) is 0.606. The van der Waals surface area contributed by atoms with Crippen molar-refractivity contribution >= 4 is 129 Å². The number of para-hydroxylation sites is 1. The highest BCUT2D eigenvalue weighted by Gasteiger charge is 2.41. The van der Waals surface area contributed by atoms with Crippen LogP contribution in [0.1, 0.15) is 163 Å². The first-order chi connectivity index (χ1) is 53.1. The van der Waals surface area contributed by atoms with Crippen molar-refractivity contribution in [2.24, 2.45) is 35.0 Å². The Morgan fingerprint density at radius 3 is 1.62 bits per heavy atom. The number of nitrogens with two attached hydrogens (primary N) is 3. The number of hydrogen-bond acceptors (Lipinski definition) is 22. The van der Waals surface area contributed by atoms with Gasteiger partial charge >= 0.3 is 29.8 Å². The van der Waals surface area contributed by atoms with E-state index in [1.165, 1.54) is 13.8 Å². The summed E-state index contributed by atoms with van der Waals surface area (Å²) in [4.78, 5) is 274. The lowest BCUT2D eigenvalue weighted by Gasteiger charge is -2.31. The first kappa shape index (κ1) is 95.3. The predicted octanol–water partition coefficient (Wildman–Crippen LogP) is -4.91. The van der Waals surface area contributed by atoms with Gasteiger partial charge < -0.3 is 116 Å². The fourth-order valence-electron chi connectivity index (χ4n) is 11.7. The molecular weight excluding hydrogens is 1490 g/mol. The lowest BCUT2D eigenvalue weighted by molar-refractivity contribution is -0.158. The van der Waals surface area contributed by atoms with Gasteiger partial charge in [-0.25, -0.2) is 4.79 Å². The number of rotatable bonds is 36. The molecule has 24 N–H and O–H groups in total. The minimum absolute atomic E-state index is 0.00307. The largest absolute Gasteiger partial charge is 0.481 e. The number of H-pyrrole nitrogens is 1. The number of cyclic esters (lactones) is 1. The SMILES string of the molecule is CCC(C)C1NC(=O)C(C(C)CC(=O)O)NC(=O)C(CC(N)=O)NC(=O)CNC(=O)C(CC(=O)O)NC(=O)C(C)NC(=O)C(CC(=O)O)NC(=O)C(CCCN)NC(=O)CNC(=O)C(NC(=O)C(CC(=O)O)NC(=O)C(CC(N)=O)NC(=O)C(Cc2c[nH]c3ccccc23)NC(=O)CCCCCCCCC(C)C)C(C)OC1=O. The van der Waals surface area contributed by atoms with Crippen molar-refractivity contribution < 1.29 is 121 Å². The number of carboxylic acid groups (broad SMARTS) is 4. The highest BCUT2D eigenvalue weighted by molar-refractivity contribution is 6.02. The number of carboxylic acids is 4. The van der Waals surface area contributed by atoms with Crippen LogP contribution in [0.4, 0.5) is 0 Å². The zero-order valence-electron chi connectivity index (χ0n) is 64.0. The van der Waals surface area contributed by atoms with Crippen molar-refractivity contribution in [3.63, 3.8) is 0 Å². The number of esters is 1. The molecule has 1 aliphatic rings. The van der Waals surface area contributed by atoms with Gasteiger partial charge in [0.2, 0.25) is 88.6 Å². The number of carbonyl (C=O) groups is 20. The van der Waals surface area contributed by atoms with Crippen molar-refractivity contribution in [2.75, 3.05) is 19.6 Å². The number of aromatic nitrogens is 1. The molecule has 113 heavy (non-hydrogen) atoms. The van der Waals surface area contributed by atoms with E-state index in [-0.39, 0.29) is 38.6 Å². The Labute approximate surface area is 649 Å². The third kappa shape index (κ3) is 34.5. The molecule has 0 radical (unpaired) electrons. The Morgan fingerprint density at radius 1 is 0.522 bits per heavy atom. The summed E-state index contributed by atoms with van der Waals surface area (Å²) in [5.74, 6) is -29.4. The number of ether oxygens (including phenoxy) is 1. The second kappa shape index (κ2) is 48.0. The van der Waals surface area contributed by atoms with Crippen LogP contribution < -0.4 is 86.3 Å². The summed E-state index contributed by atoms with van der Waals surface area (Å²) in [5.41, 5.74) is 17.9. The van der Waals surface area contributed by atoms with Crippen LogP contribution in [0.15, 0.2) is 30.5 Å². The molecule has 1 aromatic heterocycles. The van der Waals surface area contributed by atoms with E-state index in [0.717, 1.165) is 52.9 Å². The van der Waals surface area contributed by atoms with Crippen LogP contribution in [0.5, 0.6) is 0 Å². The summed E-state index contributed by atoms with van der Waals surface area (Å²) in [6, 6.07) is -14.8. The Bertz CT molecular complexity index is 3760. The molecule has 2 aromatic rings. The van der Waals surface area contributed by atoms with E-state index in [9.17, 15) is 116 Å². The Balaban J connectivity index is 2.22. The first-order valence-corrected chi connectivity index (χ1v) is 36.9. The second-order valence-electron chi connectivity index (χ2n) is 28.0. The summed E-state index contributed by atoms with van der Waals surface area (Å²) in [6.45, 7) is 7.78. The van der Waals surface area contributed by atoms with E-state index in [4.69, 9.17) is 21.9 Å². The van der Waals surface area contributed by atoms with Crippen molar-refractivity contribution in [3.8, 4) is 0 Å². The van der Waals surface area contributed by atoms with E-state index in [2.05, 4.69) is 77.3 Å². The van der Waals surface area contributed by atoms with Crippen LogP contribution >= 0.6 is 0 Å². The van der Waals surface area contributed by atoms with Gasteiger partial charge in [-0.15, -0.1) is 0 Å². The molecule has 0 aliphatic carbocycles. The van der Waals surface area contributed by atoms with Gasteiger partial charge in [-0.1, -0.05) is 97.8 Å². The van der Waals surface area contributed by atoms with E-state index < -0.39 is 254 Å². The number of fused-ring (bicyclic) bond motifs is 1. The summed E-state index contributed by atoms with van der Waals surface area (Å²) in [7, 11) is 0. The highest BCUT2D eigenvalue weighted by Crippen LogP contribution is 2.21. The zero-order valence-corrected chi connectivity index (χ0v) is 64.0. The molecule has 14 atom stereocenters. The minimum atomic E-state index is -2.33. The van der Waals surface area contributed by atoms with Crippen LogP contribution in [0.2, 0.25) is 0 Å². The number of aromatic amines is 1. The van der Waals surface area contributed by atoms with E-state index >= 15 is 0 Å². The molecule has 0 saturated carbocycles. The Hall–Kier alpha value is -11.9. The van der Waals surface area contributed by atoms with Crippen LogP contribution in [-0.4, -0.2) is 236 Å². The van der Waals surface area contributed by atoms with Gasteiger partial charge in [-0.05, 0) is 69.0 Å². The monoisotopic (exact) mass is 1600 g/mol. The number of primary amides is 2. The molecule has 1 aromatic carbocycles. The van der Waals surface area contributed by atoms with Crippen LogP contribution in [-0.2, 0) is 107 Å². The minimum Gasteiger partial charge on any atom is -0.481 e. The van der Waals surface area contributed by atoms with Gasteiger partial charge in [0.25, 0.3) is 0 Å². The number of nitrogens with one attached hydrogen (secondary N) is 14. The number of hydrogen-bond donors (Lipinski definition) is 21. The summed E-state index contributed by atoms with van der Waals surface area (Å²) in [6.07, 6.45) is -1.66. The van der Waals surface area contributed by atoms with Gasteiger partial charge in [-0.3, -0.25) is 91.1 Å². The van der Waals surface area contributed by atoms with Crippen LogP contribution in [0.25, 0.3) is 10.9 Å². The molecule has 42 nitrogen and oxygen atoms in total. The third-order valence-corrected chi connectivity index (χ3v) is 18.0. The van der Waals surface area contributed by atoms with Gasteiger partial charge in [-0.2, -0.15) is 0 Å². The van der Waals surface area contributed by atoms with Gasteiger partial charge in [0.1, 0.15) is 72.6 Å². The Kier molecular flexibility index (Phi) is 40.5. The summed E-state index contributed by atoms with van der Waals surface area (Å²) >= 11 is 0. The smallest absolute Gasteiger partial charge is 0.329 e. The predicted molar refractivity (Wildman–Crippen MR) is 396 cm³/mol. The van der Waals surface area contributed by atoms with Gasteiger partial charge in [0.05, 0.1) is 51.6 Å². The number of aliphatic carboxylic acids is 4. The molecule has 0 bridgehead atoms. The molecule has 1 aliphatic heterocycles. The molecular formula is C71H107N17O25. The molecule has 3 rings (SSSR count). The molecule has 14 unspecified atom stereocenters. The second-order valence-corrected chi connectivity index (χ2v) is 28.0. The van der Waals surface area contributed by atoms with E-state index in [0.29, 0.717) is 35.2 Å². The average Bonchev–Trinajstić information content (AvgIpc) is 1.80. The van der Waals surface area contributed by atoms with E-state index in [1.54, 1.807) is 30.5 Å². The average molecular weight is 1600 g/mol. The van der Waals surface area contributed by atoms with Crippen molar-refractivity contribution in [3.05, 3.63) is 36.0 Å². The van der Waals surface area contributed by atoms with Gasteiger partial charge in [0, 0.05) is 29.9 Å². The van der Waals surface area contributed by atoms with Crippen molar-refractivity contribution in [1.29, 1.82) is 0 Å². The number of amides is 15. The number of unbranched alkanes of at least 4 members (excludes halogenated alkanes) is 5. The molecule has 626 valence electrons. The maximum atomic E-state index is 14.7. The quantitative estimate of drug-likeness (QED) is 0.0225. The summed E-state index contributed by atoms with van der Waals surface area (Å²) in [5, 5.41) is 68.8. The Morgan fingerprint density at radius 2 is 1.04 bits per heavy atom. The first-order valence-electron chi connectivity index (χ1n) is 36.9. The normalized spacial score (nSPS) is 21.7. The van der Waals surface area contributed by atoms with Gasteiger partial charge in [0.15, 0.2) is 0 Å². The van der Waals surface area contributed by atoms with Crippen molar-refractivity contribution in [2.45, 2.75) is 237 Å². The maximum absolute atomic E-state index is 14.7. The van der Waals surface area contributed by atoms with E-state index in [1.807, 2.05) is 10.6 Å². The molecule has 42 heteroatoms. The lowest BCUT2D eigenvalue weighted by Crippen LogP contribution is -2.62. The van der Waals surface area contributed by atoms with Crippen LogP contribution in [0, 0.1) is 17.8 Å². The van der Waals surface area contributed by atoms with Crippen LogP contribution in [0.3, 0.4) is 0 Å². The highest BCUT2D eigenvalue weighted by atomic mass is 16.5. The maximum Gasteiger partial charge on any atom is 0.329 e. The molecule has 1 saturated heterocycles. The molecule has 0 spiro atoms. The lowest BCUT2D eigenvalue weighted by atomic mass is 9.94. The number of benzene rings is 1.